The molecule has 0 aromatic rings. The van der Waals surface area contributed by atoms with Crippen LogP contribution in [-0.2, 0) is 9.53 Å². The maximum atomic E-state index is 12.0. The molecule has 0 N–H and O–H groups in total. The van der Waals surface area contributed by atoms with Gasteiger partial charge in [-0.05, 0) is 58.3 Å². The largest absolute Gasteiger partial charge is 0.457 e. The highest BCUT2D eigenvalue weighted by molar-refractivity contribution is 5.88. The SMILES string of the molecule is C=C(C(=O)OC(C)(C)C)C1CCC(CCCC)CC1. The number of carbonyl (C=O) groups is 1. The van der Waals surface area contributed by atoms with Gasteiger partial charge in [-0.2, -0.15) is 0 Å². The minimum Gasteiger partial charge on any atom is -0.457 e. The molecule has 110 valence electrons. The van der Waals surface area contributed by atoms with E-state index in [4.69, 9.17) is 4.74 Å². The molecule has 1 aliphatic carbocycles. The fourth-order valence-corrected chi connectivity index (χ4v) is 2.80. The van der Waals surface area contributed by atoms with Crippen LogP contribution in [0.2, 0.25) is 0 Å². The quantitative estimate of drug-likeness (QED) is 0.523. The summed E-state index contributed by atoms with van der Waals surface area (Å²) in [4.78, 5) is 12.0. The zero-order valence-corrected chi connectivity index (χ0v) is 13.1. The van der Waals surface area contributed by atoms with Gasteiger partial charge in [0.15, 0.2) is 0 Å². The van der Waals surface area contributed by atoms with Crippen LogP contribution in [0.25, 0.3) is 0 Å². The van der Waals surface area contributed by atoms with Gasteiger partial charge in [0.25, 0.3) is 0 Å². The Balaban J connectivity index is 2.38. The first-order chi connectivity index (χ1) is 8.83. The average Bonchev–Trinajstić information content (AvgIpc) is 2.34. The molecule has 2 heteroatoms. The summed E-state index contributed by atoms with van der Waals surface area (Å²) < 4.78 is 5.41. The van der Waals surface area contributed by atoms with Gasteiger partial charge in [-0.1, -0.05) is 32.8 Å². The summed E-state index contributed by atoms with van der Waals surface area (Å²) in [5.41, 5.74) is 0.266. The molecule has 0 radical (unpaired) electrons. The smallest absolute Gasteiger partial charge is 0.334 e. The van der Waals surface area contributed by atoms with Crippen molar-refractivity contribution < 1.29 is 9.53 Å². The van der Waals surface area contributed by atoms with Gasteiger partial charge in [0.1, 0.15) is 5.60 Å². The van der Waals surface area contributed by atoms with Crippen LogP contribution in [0.15, 0.2) is 12.2 Å². The van der Waals surface area contributed by atoms with E-state index in [1.807, 2.05) is 20.8 Å². The van der Waals surface area contributed by atoms with Gasteiger partial charge in [-0.15, -0.1) is 0 Å². The summed E-state index contributed by atoms with van der Waals surface area (Å²) in [5.74, 6) is 1.000. The van der Waals surface area contributed by atoms with Crippen molar-refractivity contribution in [2.45, 2.75) is 78.2 Å². The molecular weight excluding hydrogens is 236 g/mol. The van der Waals surface area contributed by atoms with Crippen LogP contribution in [-0.4, -0.2) is 11.6 Å². The minimum atomic E-state index is -0.418. The molecule has 19 heavy (non-hydrogen) atoms. The number of carbonyl (C=O) groups excluding carboxylic acids is 1. The highest BCUT2D eigenvalue weighted by Crippen LogP contribution is 2.35. The lowest BCUT2D eigenvalue weighted by molar-refractivity contribution is -0.150. The highest BCUT2D eigenvalue weighted by Gasteiger charge is 2.28. The minimum absolute atomic E-state index is 0.204. The Morgan fingerprint density at radius 2 is 1.79 bits per heavy atom. The molecule has 0 atom stereocenters. The fourth-order valence-electron chi connectivity index (χ4n) is 2.80. The molecule has 0 unspecified atom stereocenters. The van der Waals surface area contributed by atoms with Crippen LogP contribution in [0.4, 0.5) is 0 Å². The second kappa shape index (κ2) is 7.12. The van der Waals surface area contributed by atoms with Crippen molar-refractivity contribution in [3.05, 3.63) is 12.2 Å². The van der Waals surface area contributed by atoms with Crippen molar-refractivity contribution in [2.75, 3.05) is 0 Å². The van der Waals surface area contributed by atoms with E-state index in [1.165, 1.54) is 32.1 Å². The van der Waals surface area contributed by atoms with Gasteiger partial charge >= 0.3 is 5.97 Å². The summed E-state index contributed by atoms with van der Waals surface area (Å²) in [7, 11) is 0. The van der Waals surface area contributed by atoms with Crippen LogP contribution >= 0.6 is 0 Å². The maximum Gasteiger partial charge on any atom is 0.334 e. The van der Waals surface area contributed by atoms with Crippen LogP contribution in [0, 0.1) is 11.8 Å². The number of hydrogen-bond donors (Lipinski definition) is 0. The topological polar surface area (TPSA) is 26.3 Å². The second-order valence-corrected chi connectivity index (χ2v) is 6.89. The van der Waals surface area contributed by atoms with E-state index in [-0.39, 0.29) is 5.97 Å². The predicted octanol–water partition coefficient (Wildman–Crippen LogP) is 4.88. The molecule has 0 saturated heterocycles. The first-order valence-electron chi connectivity index (χ1n) is 7.75. The van der Waals surface area contributed by atoms with Gasteiger partial charge in [0, 0.05) is 5.57 Å². The molecule has 2 nitrogen and oxygen atoms in total. The number of esters is 1. The lowest BCUT2D eigenvalue weighted by atomic mass is 9.77. The van der Waals surface area contributed by atoms with Gasteiger partial charge in [-0.3, -0.25) is 0 Å². The van der Waals surface area contributed by atoms with Crippen LogP contribution in [0.1, 0.15) is 72.6 Å². The fraction of sp³-hybridized carbons (Fsp3) is 0.824. The molecule has 1 rings (SSSR count). The van der Waals surface area contributed by atoms with Gasteiger partial charge in [0.05, 0.1) is 0 Å². The zero-order chi connectivity index (χ0) is 14.5. The third-order valence-corrected chi connectivity index (χ3v) is 3.97. The molecule has 0 aliphatic heterocycles. The van der Waals surface area contributed by atoms with Crippen LogP contribution in [0.3, 0.4) is 0 Å². The van der Waals surface area contributed by atoms with E-state index in [1.54, 1.807) is 0 Å². The Labute approximate surface area is 118 Å². The molecule has 0 aromatic heterocycles. The zero-order valence-electron chi connectivity index (χ0n) is 13.1. The van der Waals surface area contributed by atoms with E-state index in [2.05, 4.69) is 13.5 Å². The summed E-state index contributed by atoms with van der Waals surface area (Å²) in [6.45, 7) is 11.9. The van der Waals surface area contributed by atoms with Crippen LogP contribution < -0.4 is 0 Å². The van der Waals surface area contributed by atoms with E-state index in [0.717, 1.165) is 18.8 Å². The Kier molecular flexibility index (Phi) is 6.09. The first kappa shape index (κ1) is 16.3. The maximum absolute atomic E-state index is 12.0. The van der Waals surface area contributed by atoms with E-state index < -0.39 is 5.60 Å². The van der Waals surface area contributed by atoms with Crippen molar-refractivity contribution in [1.82, 2.24) is 0 Å². The van der Waals surface area contributed by atoms with Crippen LogP contribution in [0.5, 0.6) is 0 Å². The molecule has 1 saturated carbocycles. The Morgan fingerprint density at radius 3 is 2.26 bits per heavy atom. The third kappa shape index (κ3) is 5.80. The third-order valence-electron chi connectivity index (χ3n) is 3.97. The number of ether oxygens (including phenoxy) is 1. The van der Waals surface area contributed by atoms with E-state index in [0.29, 0.717) is 11.5 Å². The molecule has 0 bridgehead atoms. The Morgan fingerprint density at radius 1 is 1.21 bits per heavy atom. The molecule has 0 amide bonds. The monoisotopic (exact) mass is 266 g/mol. The van der Waals surface area contributed by atoms with Crippen molar-refractivity contribution in [2.24, 2.45) is 11.8 Å². The molecule has 1 fully saturated rings. The van der Waals surface area contributed by atoms with E-state index >= 15 is 0 Å². The summed E-state index contributed by atoms with van der Waals surface area (Å²) in [5, 5.41) is 0. The van der Waals surface area contributed by atoms with Crippen molar-refractivity contribution >= 4 is 5.97 Å². The standard InChI is InChI=1S/C17H30O2/c1-6-7-8-14-9-11-15(12-10-14)13(2)16(18)19-17(3,4)5/h14-15H,2,6-12H2,1,3-5H3. The summed E-state index contributed by atoms with van der Waals surface area (Å²) in [6.07, 6.45) is 8.66. The van der Waals surface area contributed by atoms with Crippen molar-refractivity contribution in [3.8, 4) is 0 Å². The highest BCUT2D eigenvalue weighted by atomic mass is 16.6. The predicted molar refractivity (Wildman–Crippen MR) is 80.0 cm³/mol. The molecular formula is C17H30O2. The molecule has 0 spiro atoms. The Hall–Kier alpha value is -0.790. The lowest BCUT2D eigenvalue weighted by Gasteiger charge is -2.30. The molecule has 1 aliphatic rings. The number of unbranched alkanes of at least 4 members (excludes halogenated alkanes) is 1. The van der Waals surface area contributed by atoms with Crippen molar-refractivity contribution in [3.63, 3.8) is 0 Å². The average molecular weight is 266 g/mol. The first-order valence-corrected chi connectivity index (χ1v) is 7.75. The number of rotatable bonds is 5. The van der Waals surface area contributed by atoms with Gasteiger partial charge in [-0.25, -0.2) is 4.79 Å². The summed E-state index contributed by atoms with van der Waals surface area (Å²) >= 11 is 0. The van der Waals surface area contributed by atoms with Gasteiger partial charge < -0.3 is 4.74 Å². The molecule has 0 aromatic carbocycles. The number of hydrogen-bond acceptors (Lipinski definition) is 2. The normalized spacial score (nSPS) is 24.0. The van der Waals surface area contributed by atoms with E-state index in [9.17, 15) is 4.79 Å². The van der Waals surface area contributed by atoms with Gasteiger partial charge in [0.2, 0.25) is 0 Å². The van der Waals surface area contributed by atoms with Crippen molar-refractivity contribution in [1.29, 1.82) is 0 Å². The molecule has 0 heterocycles. The lowest BCUT2D eigenvalue weighted by Crippen LogP contribution is -2.28. The second-order valence-electron chi connectivity index (χ2n) is 6.89. The Bertz CT molecular complexity index is 304. The summed E-state index contributed by atoms with van der Waals surface area (Å²) in [6, 6.07) is 0.